The molecule has 0 saturated carbocycles. The van der Waals surface area contributed by atoms with E-state index < -0.39 is 12.0 Å². The van der Waals surface area contributed by atoms with E-state index in [1.165, 1.54) is 12.1 Å². The van der Waals surface area contributed by atoms with Crippen LogP contribution >= 0.6 is 11.3 Å². The lowest BCUT2D eigenvalue weighted by atomic mass is 10.2. The van der Waals surface area contributed by atoms with Crippen LogP contribution < -0.4 is 5.32 Å². The summed E-state index contributed by atoms with van der Waals surface area (Å²) in [6.45, 7) is 1.76. The van der Waals surface area contributed by atoms with E-state index in [-0.39, 0.29) is 10.8 Å². The molecule has 2 N–H and O–H groups in total. The highest BCUT2D eigenvalue weighted by molar-refractivity contribution is 7.15. The van der Waals surface area contributed by atoms with Gasteiger partial charge in [0.1, 0.15) is 4.88 Å². The van der Waals surface area contributed by atoms with Gasteiger partial charge in [-0.25, -0.2) is 4.79 Å². The molecule has 2 aromatic heterocycles. The Morgan fingerprint density at radius 3 is 2.54 bits per heavy atom. The number of hydrogen-bond acceptors (Lipinski definition) is 6. The second-order valence-corrected chi connectivity index (χ2v) is 6.03. The third-order valence-corrected chi connectivity index (χ3v) is 4.34. The number of tetrazole rings is 1. The van der Waals surface area contributed by atoms with Gasteiger partial charge < -0.3 is 10.4 Å². The Labute approximate surface area is 140 Å². The van der Waals surface area contributed by atoms with Crippen LogP contribution in [0.4, 0.5) is 0 Å². The molecule has 0 radical (unpaired) electrons. The van der Waals surface area contributed by atoms with E-state index in [1.807, 2.05) is 30.3 Å². The van der Waals surface area contributed by atoms with Gasteiger partial charge in [-0.05, 0) is 41.6 Å². The molecule has 0 aliphatic carbocycles. The Hall–Kier alpha value is -3.07. The number of carbonyl (C=O) groups is 2. The fraction of sp³-hybridized carbons (Fsp3) is 0.133. The van der Waals surface area contributed by atoms with Crippen molar-refractivity contribution in [3.63, 3.8) is 0 Å². The van der Waals surface area contributed by atoms with Gasteiger partial charge in [0, 0.05) is 0 Å². The molecule has 2 heterocycles. The molecule has 3 aromatic rings. The molecule has 0 fully saturated rings. The number of benzene rings is 1. The summed E-state index contributed by atoms with van der Waals surface area (Å²) in [5.41, 5.74) is 0.780. The lowest BCUT2D eigenvalue weighted by Crippen LogP contribution is -2.28. The normalized spacial score (nSPS) is 11.9. The predicted octanol–water partition coefficient (Wildman–Crippen LogP) is 1.91. The summed E-state index contributed by atoms with van der Waals surface area (Å²) >= 11 is 0.919. The number of nitrogens with zero attached hydrogens (tertiary/aromatic N) is 4. The molecule has 0 bridgehead atoms. The Balaban J connectivity index is 1.78. The smallest absolute Gasteiger partial charge is 0.345 e. The van der Waals surface area contributed by atoms with E-state index in [2.05, 4.69) is 20.8 Å². The number of para-hydroxylation sites is 1. The lowest BCUT2D eigenvalue weighted by molar-refractivity contribution is 0.0702. The highest BCUT2D eigenvalue weighted by atomic mass is 32.1. The van der Waals surface area contributed by atoms with Crippen molar-refractivity contribution in [3.8, 4) is 5.69 Å². The van der Waals surface area contributed by atoms with Crippen LogP contribution in [0.5, 0.6) is 0 Å². The molecule has 0 saturated heterocycles. The second kappa shape index (κ2) is 6.59. The molecule has 122 valence electrons. The fourth-order valence-corrected chi connectivity index (χ4v) is 2.87. The van der Waals surface area contributed by atoms with Gasteiger partial charge in [0.25, 0.3) is 5.91 Å². The van der Waals surface area contributed by atoms with E-state index in [9.17, 15) is 9.59 Å². The Kier molecular flexibility index (Phi) is 4.34. The number of nitrogens with one attached hydrogen (secondary N) is 1. The van der Waals surface area contributed by atoms with Gasteiger partial charge in [-0.1, -0.05) is 18.2 Å². The maximum absolute atomic E-state index is 12.3. The maximum atomic E-state index is 12.3. The minimum atomic E-state index is -1.06. The van der Waals surface area contributed by atoms with Crippen LogP contribution in [-0.2, 0) is 0 Å². The SMILES string of the molecule is CC(NC(=O)c1ccc(C(=O)O)s1)c1nnnn1-c1ccccc1. The molecule has 1 atom stereocenters. The number of amides is 1. The van der Waals surface area contributed by atoms with Crippen LogP contribution in [0.25, 0.3) is 5.69 Å². The summed E-state index contributed by atoms with van der Waals surface area (Å²) in [4.78, 5) is 23.6. The number of carboxylic acid groups (broad SMARTS) is 1. The Morgan fingerprint density at radius 1 is 1.17 bits per heavy atom. The van der Waals surface area contributed by atoms with Crippen LogP contribution in [0.1, 0.15) is 38.1 Å². The van der Waals surface area contributed by atoms with E-state index in [0.717, 1.165) is 17.0 Å². The van der Waals surface area contributed by atoms with Gasteiger partial charge in [-0.3, -0.25) is 4.79 Å². The number of carbonyl (C=O) groups excluding carboxylic acids is 1. The maximum Gasteiger partial charge on any atom is 0.345 e. The fourth-order valence-electron chi connectivity index (χ4n) is 2.12. The zero-order valence-corrected chi connectivity index (χ0v) is 13.4. The quantitative estimate of drug-likeness (QED) is 0.732. The number of aromatic nitrogens is 4. The van der Waals surface area contributed by atoms with Crippen molar-refractivity contribution in [2.45, 2.75) is 13.0 Å². The number of hydrogen-bond donors (Lipinski definition) is 2. The summed E-state index contributed by atoms with van der Waals surface area (Å²) in [7, 11) is 0. The summed E-state index contributed by atoms with van der Waals surface area (Å²) in [6.07, 6.45) is 0. The minimum Gasteiger partial charge on any atom is -0.477 e. The highest BCUT2D eigenvalue weighted by Crippen LogP contribution is 2.19. The van der Waals surface area contributed by atoms with Crippen molar-refractivity contribution < 1.29 is 14.7 Å². The summed E-state index contributed by atoms with van der Waals surface area (Å²) in [6, 6.07) is 11.8. The topological polar surface area (TPSA) is 110 Å². The van der Waals surface area contributed by atoms with Crippen LogP contribution in [0, 0.1) is 0 Å². The van der Waals surface area contributed by atoms with Crippen LogP contribution in [0.15, 0.2) is 42.5 Å². The van der Waals surface area contributed by atoms with Gasteiger partial charge in [-0.2, -0.15) is 4.68 Å². The second-order valence-electron chi connectivity index (χ2n) is 4.95. The molecular formula is C15H13N5O3S. The minimum absolute atomic E-state index is 0.113. The first-order chi connectivity index (χ1) is 11.6. The van der Waals surface area contributed by atoms with E-state index in [4.69, 9.17) is 5.11 Å². The molecule has 1 aromatic carbocycles. The number of carboxylic acids is 1. The Bertz CT molecular complexity index is 874. The monoisotopic (exact) mass is 343 g/mol. The third kappa shape index (κ3) is 3.15. The van der Waals surface area contributed by atoms with Crippen molar-refractivity contribution in [2.24, 2.45) is 0 Å². The van der Waals surface area contributed by atoms with Gasteiger partial charge >= 0.3 is 5.97 Å². The van der Waals surface area contributed by atoms with Gasteiger partial charge in [-0.15, -0.1) is 16.4 Å². The number of aromatic carboxylic acids is 1. The molecule has 0 spiro atoms. The summed E-state index contributed by atoms with van der Waals surface area (Å²) in [5, 5.41) is 23.3. The predicted molar refractivity (Wildman–Crippen MR) is 86.3 cm³/mol. The lowest BCUT2D eigenvalue weighted by Gasteiger charge is -2.13. The standard InChI is InChI=1S/C15H13N5O3S/c1-9(16-14(21)11-7-8-12(24-11)15(22)23)13-17-18-19-20(13)10-5-3-2-4-6-10/h2-9H,1H3,(H,16,21)(H,22,23). The van der Waals surface area contributed by atoms with Crippen molar-refractivity contribution >= 4 is 23.2 Å². The van der Waals surface area contributed by atoms with E-state index >= 15 is 0 Å². The van der Waals surface area contributed by atoms with Crippen LogP contribution in [-0.4, -0.2) is 37.2 Å². The first-order valence-electron chi connectivity index (χ1n) is 7.04. The van der Waals surface area contributed by atoms with E-state index in [0.29, 0.717) is 10.7 Å². The molecule has 0 aliphatic rings. The zero-order chi connectivity index (χ0) is 17.1. The van der Waals surface area contributed by atoms with Gasteiger partial charge in [0.2, 0.25) is 0 Å². The largest absolute Gasteiger partial charge is 0.477 e. The molecule has 1 amide bonds. The van der Waals surface area contributed by atoms with Gasteiger partial charge in [0.15, 0.2) is 5.82 Å². The average Bonchev–Trinajstić information content (AvgIpc) is 3.25. The highest BCUT2D eigenvalue weighted by Gasteiger charge is 2.20. The van der Waals surface area contributed by atoms with E-state index in [1.54, 1.807) is 11.6 Å². The van der Waals surface area contributed by atoms with Crippen molar-refractivity contribution in [3.05, 3.63) is 58.0 Å². The molecule has 9 heteroatoms. The number of rotatable bonds is 5. The molecule has 1 unspecified atom stereocenters. The van der Waals surface area contributed by atoms with Crippen molar-refractivity contribution in [2.75, 3.05) is 0 Å². The van der Waals surface area contributed by atoms with Crippen LogP contribution in [0.3, 0.4) is 0 Å². The first kappa shape index (κ1) is 15.8. The first-order valence-corrected chi connectivity index (χ1v) is 7.85. The molecule has 8 nitrogen and oxygen atoms in total. The van der Waals surface area contributed by atoms with Crippen LogP contribution in [0.2, 0.25) is 0 Å². The van der Waals surface area contributed by atoms with Crippen molar-refractivity contribution in [1.29, 1.82) is 0 Å². The summed E-state index contributed by atoms with van der Waals surface area (Å²) < 4.78 is 1.54. The van der Waals surface area contributed by atoms with Gasteiger partial charge in [0.05, 0.1) is 16.6 Å². The summed E-state index contributed by atoms with van der Waals surface area (Å²) in [5.74, 6) is -0.952. The Morgan fingerprint density at radius 2 is 1.88 bits per heavy atom. The average molecular weight is 343 g/mol. The molecule has 24 heavy (non-hydrogen) atoms. The molecular weight excluding hydrogens is 330 g/mol. The molecule has 3 rings (SSSR count). The number of thiophene rings is 1. The zero-order valence-electron chi connectivity index (χ0n) is 12.6. The molecule has 0 aliphatic heterocycles. The van der Waals surface area contributed by atoms with Crippen molar-refractivity contribution in [1.82, 2.24) is 25.5 Å². The third-order valence-electron chi connectivity index (χ3n) is 3.27.